The van der Waals surface area contributed by atoms with Gasteiger partial charge in [-0.05, 0) is 59.4 Å². The molecule has 198 valence electrons. The molecule has 2 aromatic heterocycles. The summed E-state index contributed by atoms with van der Waals surface area (Å²) in [5.41, 5.74) is 10.0. The van der Waals surface area contributed by atoms with Crippen molar-refractivity contribution in [1.82, 2.24) is 24.8 Å². The van der Waals surface area contributed by atoms with Gasteiger partial charge in [0.1, 0.15) is 11.3 Å². The van der Waals surface area contributed by atoms with Crippen LogP contribution in [-0.4, -0.2) is 51.6 Å². The van der Waals surface area contributed by atoms with E-state index in [2.05, 4.69) is 77.2 Å². The average Bonchev–Trinajstić information content (AvgIpc) is 3.26. The van der Waals surface area contributed by atoms with Gasteiger partial charge in [-0.15, -0.1) is 0 Å². The largest absolute Gasteiger partial charge is 0.379 e. The molecule has 4 aromatic rings. The second kappa shape index (κ2) is 11.5. The molecule has 1 N–H and O–H groups in total. The van der Waals surface area contributed by atoms with Crippen LogP contribution in [0.15, 0.2) is 48.5 Å². The van der Waals surface area contributed by atoms with Crippen LogP contribution >= 0.6 is 0 Å². The van der Waals surface area contributed by atoms with Crippen molar-refractivity contribution in [3.05, 3.63) is 82.3 Å². The van der Waals surface area contributed by atoms with Gasteiger partial charge in [-0.2, -0.15) is 0 Å². The SMILES string of the molecule is CCc1nc2c(C)cc(C)nc2n1Cc1ccc(-c2cc(CN3CCOCC3)ccc2CNC(C)=O)cc1. The minimum absolute atomic E-state index is 0.0259. The third-order valence-corrected chi connectivity index (χ3v) is 7.23. The maximum Gasteiger partial charge on any atom is 0.217 e. The Morgan fingerprint density at radius 1 is 0.974 bits per heavy atom. The molecule has 7 nitrogen and oxygen atoms in total. The third-order valence-electron chi connectivity index (χ3n) is 7.23. The number of aromatic nitrogens is 3. The molecule has 5 rings (SSSR count). The Bertz CT molecular complexity index is 1440. The van der Waals surface area contributed by atoms with Crippen LogP contribution < -0.4 is 5.32 Å². The Morgan fingerprint density at radius 3 is 2.42 bits per heavy atom. The van der Waals surface area contributed by atoms with E-state index in [1.807, 2.05) is 6.92 Å². The smallest absolute Gasteiger partial charge is 0.217 e. The Hall–Kier alpha value is -3.55. The quantitative estimate of drug-likeness (QED) is 0.368. The molecule has 1 aliphatic heterocycles. The van der Waals surface area contributed by atoms with Gasteiger partial charge in [0.25, 0.3) is 0 Å². The van der Waals surface area contributed by atoms with Crippen LogP contribution in [0.3, 0.4) is 0 Å². The predicted molar refractivity (Wildman–Crippen MR) is 151 cm³/mol. The van der Waals surface area contributed by atoms with Gasteiger partial charge >= 0.3 is 0 Å². The van der Waals surface area contributed by atoms with Crippen LogP contribution in [-0.2, 0) is 35.6 Å². The van der Waals surface area contributed by atoms with Gasteiger partial charge in [-0.1, -0.05) is 43.3 Å². The standard InChI is InChI=1S/C31H37N5O2/c1-5-29-34-30-21(2)16-22(3)33-31(30)36(29)20-24-6-9-26(10-7-24)28-17-25(19-35-12-14-38-15-13-35)8-11-27(28)18-32-23(4)37/h6-11,16-17H,5,12-15,18-20H2,1-4H3,(H,32,37). The van der Waals surface area contributed by atoms with Crippen LogP contribution in [0.2, 0.25) is 0 Å². The van der Waals surface area contributed by atoms with E-state index in [0.717, 1.165) is 85.2 Å². The number of amides is 1. The minimum Gasteiger partial charge on any atom is -0.379 e. The summed E-state index contributed by atoms with van der Waals surface area (Å²) in [6.45, 7) is 13.5. The van der Waals surface area contributed by atoms with E-state index < -0.39 is 0 Å². The predicted octanol–water partition coefficient (Wildman–Crippen LogP) is 4.79. The number of hydrogen-bond acceptors (Lipinski definition) is 5. The summed E-state index contributed by atoms with van der Waals surface area (Å²) < 4.78 is 7.76. The van der Waals surface area contributed by atoms with Crippen molar-refractivity contribution in [2.45, 2.75) is 53.8 Å². The first-order chi connectivity index (χ1) is 18.4. The van der Waals surface area contributed by atoms with Gasteiger partial charge in [0.15, 0.2) is 5.65 Å². The molecule has 0 saturated carbocycles. The third kappa shape index (κ3) is 5.79. The highest BCUT2D eigenvalue weighted by molar-refractivity contribution is 5.76. The number of benzene rings is 2. The molecule has 0 spiro atoms. The zero-order valence-electron chi connectivity index (χ0n) is 22.9. The van der Waals surface area contributed by atoms with Crippen molar-refractivity contribution < 1.29 is 9.53 Å². The lowest BCUT2D eigenvalue weighted by molar-refractivity contribution is -0.119. The number of morpholine rings is 1. The molecule has 38 heavy (non-hydrogen) atoms. The normalized spacial score (nSPS) is 14.2. The fourth-order valence-electron chi connectivity index (χ4n) is 5.24. The van der Waals surface area contributed by atoms with E-state index in [1.54, 1.807) is 6.92 Å². The zero-order valence-corrected chi connectivity index (χ0v) is 22.9. The number of pyridine rings is 1. The van der Waals surface area contributed by atoms with Crippen LogP contribution in [0.4, 0.5) is 0 Å². The van der Waals surface area contributed by atoms with Crippen molar-refractivity contribution >= 4 is 17.1 Å². The molecule has 0 radical (unpaired) electrons. The molecule has 1 saturated heterocycles. The molecule has 0 aliphatic carbocycles. The Morgan fingerprint density at radius 2 is 1.71 bits per heavy atom. The lowest BCUT2D eigenvalue weighted by Crippen LogP contribution is -2.35. The average molecular weight is 512 g/mol. The maximum absolute atomic E-state index is 11.6. The van der Waals surface area contributed by atoms with E-state index in [9.17, 15) is 4.79 Å². The first kappa shape index (κ1) is 26.1. The summed E-state index contributed by atoms with van der Waals surface area (Å²) in [5.74, 6) is 1.03. The molecule has 2 aromatic carbocycles. The van der Waals surface area contributed by atoms with Gasteiger partial charge < -0.3 is 14.6 Å². The topological polar surface area (TPSA) is 72.3 Å². The highest BCUT2D eigenvalue weighted by atomic mass is 16.5. The van der Waals surface area contributed by atoms with Crippen LogP contribution in [0.25, 0.3) is 22.3 Å². The van der Waals surface area contributed by atoms with Crippen LogP contribution in [0.5, 0.6) is 0 Å². The first-order valence-corrected chi connectivity index (χ1v) is 13.5. The lowest BCUT2D eigenvalue weighted by Gasteiger charge is -2.27. The maximum atomic E-state index is 11.6. The number of nitrogens with zero attached hydrogens (tertiary/aromatic N) is 4. The van der Waals surface area contributed by atoms with E-state index >= 15 is 0 Å². The summed E-state index contributed by atoms with van der Waals surface area (Å²) in [5, 5.41) is 2.97. The van der Waals surface area contributed by atoms with Crippen molar-refractivity contribution in [3.63, 3.8) is 0 Å². The number of rotatable bonds is 8. The lowest BCUT2D eigenvalue weighted by atomic mass is 9.96. The number of nitrogens with one attached hydrogen (secondary N) is 1. The molecule has 1 amide bonds. The van der Waals surface area contributed by atoms with E-state index in [-0.39, 0.29) is 5.91 Å². The molecule has 1 fully saturated rings. The monoisotopic (exact) mass is 511 g/mol. The Balaban J connectivity index is 1.44. The number of hydrogen-bond donors (Lipinski definition) is 1. The van der Waals surface area contributed by atoms with Crippen LogP contribution in [0, 0.1) is 13.8 Å². The summed E-state index contributed by atoms with van der Waals surface area (Å²) in [6, 6.07) is 17.5. The number of carbonyl (C=O) groups excluding carboxylic acids is 1. The minimum atomic E-state index is -0.0259. The van der Waals surface area contributed by atoms with Crippen molar-refractivity contribution in [2.24, 2.45) is 0 Å². The first-order valence-electron chi connectivity index (χ1n) is 13.5. The molecule has 0 unspecified atom stereocenters. The number of ether oxygens (including phenoxy) is 1. The number of fused-ring (bicyclic) bond motifs is 1. The molecular formula is C31H37N5O2. The van der Waals surface area contributed by atoms with E-state index in [1.165, 1.54) is 16.7 Å². The van der Waals surface area contributed by atoms with Gasteiger partial charge in [-0.3, -0.25) is 9.69 Å². The fourth-order valence-corrected chi connectivity index (χ4v) is 5.24. The molecule has 0 atom stereocenters. The summed E-state index contributed by atoms with van der Waals surface area (Å²) in [7, 11) is 0. The van der Waals surface area contributed by atoms with Crippen molar-refractivity contribution in [1.29, 1.82) is 0 Å². The summed E-state index contributed by atoms with van der Waals surface area (Å²) in [6.07, 6.45) is 0.857. The summed E-state index contributed by atoms with van der Waals surface area (Å²) in [4.78, 5) is 23.8. The molecule has 7 heteroatoms. The molecule has 1 aliphatic rings. The van der Waals surface area contributed by atoms with Gasteiger partial charge in [0.2, 0.25) is 5.91 Å². The van der Waals surface area contributed by atoms with Crippen LogP contribution in [0.1, 0.15) is 47.6 Å². The molecular weight excluding hydrogens is 474 g/mol. The second-order valence-corrected chi connectivity index (χ2v) is 10.2. The number of carbonyl (C=O) groups is 1. The highest BCUT2D eigenvalue weighted by Gasteiger charge is 2.15. The van der Waals surface area contributed by atoms with Gasteiger partial charge in [0, 0.05) is 45.2 Å². The van der Waals surface area contributed by atoms with E-state index in [0.29, 0.717) is 6.54 Å². The Kier molecular flexibility index (Phi) is 7.86. The highest BCUT2D eigenvalue weighted by Crippen LogP contribution is 2.28. The number of aryl methyl sites for hydroxylation is 3. The van der Waals surface area contributed by atoms with Gasteiger partial charge in [-0.25, -0.2) is 9.97 Å². The Labute approximate surface area is 224 Å². The summed E-state index contributed by atoms with van der Waals surface area (Å²) >= 11 is 0. The van der Waals surface area contributed by atoms with E-state index in [4.69, 9.17) is 14.7 Å². The van der Waals surface area contributed by atoms with Crippen molar-refractivity contribution in [2.75, 3.05) is 26.3 Å². The fraction of sp³-hybridized carbons (Fsp3) is 0.387. The molecule has 3 heterocycles. The van der Waals surface area contributed by atoms with Gasteiger partial charge in [0.05, 0.1) is 19.8 Å². The zero-order chi connectivity index (χ0) is 26.6. The van der Waals surface area contributed by atoms with Crippen molar-refractivity contribution in [3.8, 4) is 11.1 Å². The second-order valence-electron chi connectivity index (χ2n) is 10.2. The molecule has 0 bridgehead atoms. The number of imidazole rings is 1.